The molecule has 0 aliphatic heterocycles. The molecule has 0 N–H and O–H groups in total. The minimum atomic E-state index is 0.0215. The average Bonchev–Trinajstić information content (AvgIpc) is 2.29. The molecule has 0 saturated heterocycles. The highest BCUT2D eigenvalue weighted by atomic mass is 16.1. The van der Waals surface area contributed by atoms with Crippen LogP contribution in [0.3, 0.4) is 0 Å². The molecule has 0 fully saturated rings. The van der Waals surface area contributed by atoms with Crippen molar-refractivity contribution in [3.8, 4) is 5.69 Å². The predicted molar refractivity (Wildman–Crippen MR) is 66.2 cm³/mol. The maximum Gasteiger partial charge on any atom is 0.255 e. The van der Waals surface area contributed by atoms with E-state index in [1.165, 1.54) is 5.56 Å². The molecule has 1 aromatic heterocycles. The summed E-state index contributed by atoms with van der Waals surface area (Å²) in [4.78, 5) is 11.8. The Morgan fingerprint density at radius 1 is 1.19 bits per heavy atom. The molecule has 0 bridgehead atoms. The van der Waals surface area contributed by atoms with Crippen LogP contribution >= 0.6 is 0 Å². The highest BCUT2D eigenvalue weighted by molar-refractivity contribution is 5.36. The molecule has 2 nitrogen and oxygen atoms in total. The molecule has 0 aliphatic rings. The van der Waals surface area contributed by atoms with E-state index in [9.17, 15) is 4.79 Å². The van der Waals surface area contributed by atoms with Crippen LogP contribution in [0.2, 0.25) is 0 Å². The summed E-state index contributed by atoms with van der Waals surface area (Å²) >= 11 is 0. The topological polar surface area (TPSA) is 22.0 Å². The lowest BCUT2D eigenvalue weighted by molar-refractivity contribution is 0.974. The number of pyridine rings is 1. The number of nitrogens with zero attached hydrogens (tertiary/aromatic N) is 1. The molecule has 2 heteroatoms. The van der Waals surface area contributed by atoms with Crippen molar-refractivity contribution in [3.63, 3.8) is 0 Å². The number of hydrogen-bond donors (Lipinski definition) is 0. The highest BCUT2D eigenvalue weighted by Gasteiger charge is 1.99. The molecular formula is C14H15NO. The Kier molecular flexibility index (Phi) is 2.91. The first-order chi connectivity index (χ1) is 7.70. The van der Waals surface area contributed by atoms with Crippen LogP contribution in [-0.2, 0) is 6.42 Å². The number of rotatable bonds is 2. The SMILES string of the molecule is CCc1cccc(-n2ccc(C)cc2=O)c1. The molecule has 82 valence electrons. The Balaban J connectivity index is 2.54. The van der Waals surface area contributed by atoms with Crippen LogP contribution < -0.4 is 5.56 Å². The van der Waals surface area contributed by atoms with Gasteiger partial charge in [0.15, 0.2) is 0 Å². The van der Waals surface area contributed by atoms with E-state index in [0.29, 0.717) is 0 Å². The molecule has 2 rings (SSSR count). The van der Waals surface area contributed by atoms with Crippen LogP contribution in [0.5, 0.6) is 0 Å². The maximum absolute atomic E-state index is 11.8. The number of aromatic nitrogens is 1. The van der Waals surface area contributed by atoms with Gasteiger partial charge in [-0.3, -0.25) is 9.36 Å². The van der Waals surface area contributed by atoms with Gasteiger partial charge >= 0.3 is 0 Å². The first-order valence-electron chi connectivity index (χ1n) is 5.49. The smallest absolute Gasteiger partial charge is 0.255 e. The molecule has 0 amide bonds. The number of aryl methyl sites for hydroxylation is 2. The molecule has 0 saturated carbocycles. The minimum Gasteiger partial charge on any atom is -0.284 e. The Bertz CT molecular complexity index is 555. The minimum absolute atomic E-state index is 0.0215. The molecule has 0 atom stereocenters. The van der Waals surface area contributed by atoms with E-state index >= 15 is 0 Å². The molecule has 1 aromatic carbocycles. The maximum atomic E-state index is 11.8. The van der Waals surface area contributed by atoms with Crippen molar-refractivity contribution in [3.05, 3.63) is 64.1 Å². The normalized spacial score (nSPS) is 10.4. The van der Waals surface area contributed by atoms with E-state index in [2.05, 4.69) is 19.1 Å². The van der Waals surface area contributed by atoms with E-state index in [0.717, 1.165) is 17.7 Å². The van der Waals surface area contributed by atoms with Crippen LogP contribution in [0.15, 0.2) is 47.4 Å². The molecule has 0 aliphatic carbocycles. The summed E-state index contributed by atoms with van der Waals surface area (Å²) in [7, 11) is 0. The second-order valence-corrected chi connectivity index (χ2v) is 3.94. The molecular weight excluding hydrogens is 198 g/mol. The summed E-state index contributed by atoms with van der Waals surface area (Å²) in [5, 5.41) is 0. The van der Waals surface area contributed by atoms with Gasteiger partial charge in [0, 0.05) is 18.0 Å². The number of benzene rings is 1. The van der Waals surface area contributed by atoms with Gasteiger partial charge < -0.3 is 0 Å². The van der Waals surface area contributed by atoms with Crippen molar-refractivity contribution in [2.75, 3.05) is 0 Å². The van der Waals surface area contributed by atoms with Gasteiger partial charge in [-0.1, -0.05) is 19.1 Å². The highest BCUT2D eigenvalue weighted by Crippen LogP contribution is 2.09. The lowest BCUT2D eigenvalue weighted by Crippen LogP contribution is -2.16. The second-order valence-electron chi connectivity index (χ2n) is 3.94. The van der Waals surface area contributed by atoms with Crippen LogP contribution in [0.25, 0.3) is 5.69 Å². The Labute approximate surface area is 95.2 Å². The molecule has 0 spiro atoms. The van der Waals surface area contributed by atoms with Crippen molar-refractivity contribution in [2.45, 2.75) is 20.3 Å². The average molecular weight is 213 g/mol. The third-order valence-corrected chi connectivity index (χ3v) is 2.67. The molecule has 0 radical (unpaired) electrons. The Morgan fingerprint density at radius 3 is 2.69 bits per heavy atom. The fourth-order valence-electron chi connectivity index (χ4n) is 1.72. The van der Waals surface area contributed by atoms with Crippen molar-refractivity contribution < 1.29 is 0 Å². The number of hydrogen-bond acceptors (Lipinski definition) is 1. The lowest BCUT2D eigenvalue weighted by atomic mass is 10.1. The summed E-state index contributed by atoms with van der Waals surface area (Å²) in [6.07, 6.45) is 2.81. The first kappa shape index (κ1) is 10.7. The third-order valence-electron chi connectivity index (χ3n) is 2.67. The third kappa shape index (κ3) is 2.06. The van der Waals surface area contributed by atoms with Crippen molar-refractivity contribution in [2.24, 2.45) is 0 Å². The van der Waals surface area contributed by atoms with Crippen molar-refractivity contribution >= 4 is 0 Å². The first-order valence-corrected chi connectivity index (χ1v) is 5.49. The standard InChI is InChI=1S/C14H15NO/c1-3-12-5-4-6-13(10-12)15-8-7-11(2)9-14(15)16/h4-10H,3H2,1-2H3. The van der Waals surface area contributed by atoms with Gasteiger partial charge in [0.25, 0.3) is 5.56 Å². The molecule has 0 unspecified atom stereocenters. The van der Waals surface area contributed by atoms with Crippen molar-refractivity contribution in [1.29, 1.82) is 0 Å². The monoisotopic (exact) mass is 213 g/mol. The van der Waals surface area contributed by atoms with Gasteiger partial charge in [0.05, 0.1) is 0 Å². The van der Waals surface area contributed by atoms with Gasteiger partial charge in [0.1, 0.15) is 0 Å². The van der Waals surface area contributed by atoms with E-state index < -0.39 is 0 Å². The van der Waals surface area contributed by atoms with Crippen LogP contribution in [0.4, 0.5) is 0 Å². The Morgan fingerprint density at radius 2 is 2.00 bits per heavy atom. The summed E-state index contributed by atoms with van der Waals surface area (Å²) in [5.74, 6) is 0. The second kappa shape index (κ2) is 4.35. The van der Waals surface area contributed by atoms with Gasteiger partial charge in [-0.25, -0.2) is 0 Å². The zero-order valence-electron chi connectivity index (χ0n) is 9.60. The fraction of sp³-hybridized carbons (Fsp3) is 0.214. The van der Waals surface area contributed by atoms with E-state index in [-0.39, 0.29) is 5.56 Å². The zero-order chi connectivity index (χ0) is 11.5. The van der Waals surface area contributed by atoms with Gasteiger partial charge in [0.2, 0.25) is 0 Å². The van der Waals surface area contributed by atoms with Crippen LogP contribution in [0, 0.1) is 6.92 Å². The summed E-state index contributed by atoms with van der Waals surface area (Å²) in [6.45, 7) is 4.03. The summed E-state index contributed by atoms with van der Waals surface area (Å²) < 4.78 is 1.67. The summed E-state index contributed by atoms with van der Waals surface area (Å²) in [6, 6.07) is 11.7. The lowest BCUT2D eigenvalue weighted by Gasteiger charge is -2.07. The largest absolute Gasteiger partial charge is 0.284 e. The van der Waals surface area contributed by atoms with E-state index in [1.807, 2.05) is 31.3 Å². The van der Waals surface area contributed by atoms with E-state index in [1.54, 1.807) is 10.6 Å². The molecule has 16 heavy (non-hydrogen) atoms. The van der Waals surface area contributed by atoms with E-state index in [4.69, 9.17) is 0 Å². The predicted octanol–water partition coefficient (Wildman–Crippen LogP) is 2.71. The summed E-state index contributed by atoms with van der Waals surface area (Å²) in [5.41, 5.74) is 3.19. The van der Waals surface area contributed by atoms with Crippen LogP contribution in [0.1, 0.15) is 18.1 Å². The molecule has 1 heterocycles. The van der Waals surface area contributed by atoms with Gasteiger partial charge in [-0.05, 0) is 42.7 Å². The zero-order valence-corrected chi connectivity index (χ0v) is 9.60. The Hall–Kier alpha value is -1.83. The van der Waals surface area contributed by atoms with Crippen molar-refractivity contribution in [1.82, 2.24) is 4.57 Å². The van der Waals surface area contributed by atoms with Gasteiger partial charge in [-0.15, -0.1) is 0 Å². The van der Waals surface area contributed by atoms with Crippen LogP contribution in [-0.4, -0.2) is 4.57 Å². The van der Waals surface area contributed by atoms with Gasteiger partial charge in [-0.2, -0.15) is 0 Å². The quantitative estimate of drug-likeness (QED) is 0.751. The fourth-order valence-corrected chi connectivity index (χ4v) is 1.72. The molecule has 2 aromatic rings.